The smallest absolute Gasteiger partial charge is 0.321 e. The van der Waals surface area contributed by atoms with Crippen molar-refractivity contribution in [2.75, 3.05) is 33.0 Å². The highest BCUT2D eigenvalue weighted by Gasteiger charge is 2.22. The third-order valence-electron chi connectivity index (χ3n) is 2.14. The number of ether oxygens (including phenoxy) is 2. The first-order valence-corrected chi connectivity index (χ1v) is 7.55. The van der Waals surface area contributed by atoms with E-state index in [4.69, 9.17) is 18.3 Å². The van der Waals surface area contributed by atoms with Crippen molar-refractivity contribution in [3.63, 3.8) is 0 Å². The molecule has 1 aliphatic heterocycles. The Kier molecular flexibility index (Phi) is 7.21. The monoisotopic (exact) mass is 234 g/mol. The average Bonchev–Trinajstić information content (AvgIpc) is 3.02. The van der Waals surface area contributed by atoms with E-state index in [1.807, 2.05) is 13.8 Å². The van der Waals surface area contributed by atoms with E-state index in [0.29, 0.717) is 6.10 Å². The molecule has 1 atom stereocenters. The second kappa shape index (κ2) is 8.24. The molecule has 1 heterocycles. The molecule has 1 aliphatic rings. The van der Waals surface area contributed by atoms with Crippen LogP contribution in [-0.4, -0.2) is 48.4 Å². The average molecular weight is 234 g/mol. The van der Waals surface area contributed by atoms with Crippen LogP contribution in [0.15, 0.2) is 0 Å². The van der Waals surface area contributed by atoms with E-state index in [2.05, 4.69) is 0 Å². The van der Waals surface area contributed by atoms with Crippen molar-refractivity contribution in [3.8, 4) is 0 Å². The van der Waals surface area contributed by atoms with Gasteiger partial charge in [0.15, 0.2) is 0 Å². The Morgan fingerprint density at radius 3 is 2.47 bits per heavy atom. The van der Waals surface area contributed by atoms with Crippen LogP contribution in [0.5, 0.6) is 0 Å². The number of rotatable bonds is 10. The molecule has 1 fully saturated rings. The lowest BCUT2D eigenvalue weighted by molar-refractivity contribution is 0.114. The second-order valence-corrected chi connectivity index (χ2v) is 5.62. The summed E-state index contributed by atoms with van der Waals surface area (Å²) < 4.78 is 21.6. The first-order valence-electron chi connectivity index (χ1n) is 5.79. The quantitative estimate of drug-likeness (QED) is 0.322. The van der Waals surface area contributed by atoms with E-state index in [0.717, 1.165) is 45.5 Å². The fraction of sp³-hybridized carbons (Fsp3) is 1.00. The third-order valence-corrected chi connectivity index (χ3v) is 4.43. The first-order chi connectivity index (χ1) is 7.36. The summed E-state index contributed by atoms with van der Waals surface area (Å²) in [5.74, 6) is 0. The summed E-state index contributed by atoms with van der Waals surface area (Å²) in [6, 6.07) is 1.03. The molecule has 0 aromatic carbocycles. The minimum absolute atomic E-state index is 0.372. The standard InChI is InChI=1S/C10H22O4Si/c1-3-13-15(14-4-2)7-5-6-11-8-10-9-12-10/h10,15H,3-9H2,1-2H3. The largest absolute Gasteiger partial charge is 0.397 e. The van der Waals surface area contributed by atoms with Crippen LogP contribution in [0.1, 0.15) is 20.3 Å². The van der Waals surface area contributed by atoms with Crippen molar-refractivity contribution >= 4 is 9.28 Å². The van der Waals surface area contributed by atoms with Crippen molar-refractivity contribution in [2.24, 2.45) is 0 Å². The first kappa shape index (κ1) is 13.1. The molecule has 0 aliphatic carbocycles. The van der Waals surface area contributed by atoms with Gasteiger partial charge in [-0.05, 0) is 26.3 Å². The molecule has 0 N–H and O–H groups in total. The minimum Gasteiger partial charge on any atom is -0.397 e. The summed E-state index contributed by atoms with van der Waals surface area (Å²) in [6.07, 6.45) is 1.40. The van der Waals surface area contributed by atoms with Crippen molar-refractivity contribution in [1.82, 2.24) is 0 Å². The molecule has 0 radical (unpaired) electrons. The zero-order chi connectivity index (χ0) is 10.9. The molecular formula is C10H22O4Si. The van der Waals surface area contributed by atoms with Crippen LogP contribution in [-0.2, 0) is 18.3 Å². The van der Waals surface area contributed by atoms with Gasteiger partial charge in [-0.3, -0.25) is 0 Å². The van der Waals surface area contributed by atoms with Gasteiger partial charge < -0.3 is 18.3 Å². The highest BCUT2D eigenvalue weighted by Crippen LogP contribution is 2.09. The summed E-state index contributed by atoms with van der Waals surface area (Å²) in [7, 11) is -1.40. The van der Waals surface area contributed by atoms with Gasteiger partial charge in [0.1, 0.15) is 6.10 Å². The van der Waals surface area contributed by atoms with Gasteiger partial charge in [-0.2, -0.15) is 0 Å². The van der Waals surface area contributed by atoms with Crippen LogP contribution < -0.4 is 0 Å². The van der Waals surface area contributed by atoms with Crippen LogP contribution in [0.3, 0.4) is 0 Å². The molecule has 0 aromatic heterocycles. The summed E-state index contributed by atoms with van der Waals surface area (Å²) in [4.78, 5) is 0. The van der Waals surface area contributed by atoms with E-state index in [1.165, 1.54) is 0 Å². The van der Waals surface area contributed by atoms with E-state index < -0.39 is 9.28 Å². The van der Waals surface area contributed by atoms with Gasteiger partial charge in [-0.25, -0.2) is 0 Å². The maximum atomic E-state index is 5.56. The lowest BCUT2D eigenvalue weighted by Gasteiger charge is -2.14. The van der Waals surface area contributed by atoms with Gasteiger partial charge in [0.2, 0.25) is 0 Å². The minimum atomic E-state index is -1.40. The molecule has 0 bridgehead atoms. The van der Waals surface area contributed by atoms with Crippen LogP contribution in [0, 0.1) is 0 Å². The fourth-order valence-corrected chi connectivity index (χ4v) is 2.99. The second-order valence-electron chi connectivity index (χ2n) is 3.51. The fourth-order valence-electron chi connectivity index (χ4n) is 1.32. The summed E-state index contributed by atoms with van der Waals surface area (Å²) >= 11 is 0. The van der Waals surface area contributed by atoms with Gasteiger partial charge in [0, 0.05) is 19.8 Å². The van der Waals surface area contributed by atoms with Crippen LogP contribution in [0.25, 0.3) is 0 Å². The van der Waals surface area contributed by atoms with Crippen LogP contribution in [0.2, 0.25) is 6.04 Å². The molecule has 1 unspecified atom stereocenters. The maximum Gasteiger partial charge on any atom is 0.321 e. The Balaban J connectivity index is 1.89. The number of hydrogen-bond acceptors (Lipinski definition) is 4. The predicted molar refractivity (Wildman–Crippen MR) is 60.4 cm³/mol. The molecule has 1 saturated heterocycles. The highest BCUT2D eigenvalue weighted by molar-refractivity contribution is 6.44. The van der Waals surface area contributed by atoms with Gasteiger partial charge in [0.05, 0.1) is 13.2 Å². The van der Waals surface area contributed by atoms with Crippen molar-refractivity contribution in [3.05, 3.63) is 0 Å². The van der Waals surface area contributed by atoms with Crippen LogP contribution >= 0.6 is 0 Å². The molecule has 90 valence electrons. The highest BCUT2D eigenvalue weighted by atomic mass is 28.3. The van der Waals surface area contributed by atoms with Gasteiger partial charge in [-0.1, -0.05) is 0 Å². The molecule has 0 aromatic rings. The van der Waals surface area contributed by atoms with Crippen molar-refractivity contribution < 1.29 is 18.3 Å². The van der Waals surface area contributed by atoms with E-state index in [1.54, 1.807) is 0 Å². The number of hydrogen-bond donors (Lipinski definition) is 0. The van der Waals surface area contributed by atoms with E-state index in [-0.39, 0.29) is 0 Å². The Bertz CT molecular complexity index is 146. The molecule has 0 saturated carbocycles. The molecule has 1 rings (SSSR count). The summed E-state index contributed by atoms with van der Waals surface area (Å²) in [5, 5.41) is 0. The topological polar surface area (TPSA) is 40.2 Å². The van der Waals surface area contributed by atoms with Crippen molar-refractivity contribution in [2.45, 2.75) is 32.4 Å². The molecule has 4 nitrogen and oxygen atoms in total. The molecule has 15 heavy (non-hydrogen) atoms. The SMILES string of the molecule is CCO[SiH](CCCOCC1CO1)OCC. The van der Waals surface area contributed by atoms with Gasteiger partial charge in [-0.15, -0.1) is 0 Å². The number of epoxide rings is 1. The van der Waals surface area contributed by atoms with Gasteiger partial charge in [0.25, 0.3) is 0 Å². The molecular weight excluding hydrogens is 212 g/mol. The molecule has 0 spiro atoms. The third kappa shape index (κ3) is 7.02. The maximum absolute atomic E-state index is 5.56. The van der Waals surface area contributed by atoms with Crippen LogP contribution in [0.4, 0.5) is 0 Å². The lowest BCUT2D eigenvalue weighted by atomic mass is 10.5. The predicted octanol–water partition coefficient (Wildman–Crippen LogP) is 1.09. The van der Waals surface area contributed by atoms with Crippen molar-refractivity contribution in [1.29, 1.82) is 0 Å². The Morgan fingerprint density at radius 1 is 1.27 bits per heavy atom. The Morgan fingerprint density at radius 2 is 1.93 bits per heavy atom. The Hall–Kier alpha value is 0.0569. The zero-order valence-electron chi connectivity index (χ0n) is 9.74. The lowest BCUT2D eigenvalue weighted by Crippen LogP contribution is -2.23. The van der Waals surface area contributed by atoms with E-state index >= 15 is 0 Å². The summed E-state index contributed by atoms with van der Waals surface area (Å²) in [6.45, 7) is 7.95. The van der Waals surface area contributed by atoms with Gasteiger partial charge >= 0.3 is 9.28 Å². The van der Waals surface area contributed by atoms with E-state index in [9.17, 15) is 0 Å². The zero-order valence-corrected chi connectivity index (χ0v) is 10.9. The Labute approximate surface area is 93.7 Å². The molecule has 5 heteroatoms. The molecule has 0 amide bonds. The normalized spacial score (nSPS) is 19.8. The summed E-state index contributed by atoms with van der Waals surface area (Å²) in [5.41, 5.74) is 0.